The van der Waals surface area contributed by atoms with Gasteiger partial charge in [-0.1, -0.05) is 19.9 Å². The lowest BCUT2D eigenvalue weighted by atomic mass is 10.1. The van der Waals surface area contributed by atoms with Crippen LogP contribution in [0.4, 0.5) is 0 Å². The van der Waals surface area contributed by atoms with Crippen LogP contribution in [0.15, 0.2) is 23.6 Å². The lowest BCUT2D eigenvalue weighted by Crippen LogP contribution is -2.37. The van der Waals surface area contributed by atoms with E-state index in [0.29, 0.717) is 24.7 Å². The number of carbonyl (C=O) groups excluding carboxylic acids is 1. The molecule has 3 heterocycles. The minimum absolute atomic E-state index is 0.0104. The molecule has 0 radical (unpaired) electrons. The molecule has 0 spiro atoms. The van der Waals surface area contributed by atoms with Crippen LogP contribution in [0.2, 0.25) is 0 Å². The molecule has 5 nitrogen and oxygen atoms in total. The highest BCUT2D eigenvalue weighted by molar-refractivity contribution is 7.09. The van der Waals surface area contributed by atoms with Crippen molar-refractivity contribution in [1.29, 1.82) is 0 Å². The Hall–Kier alpha value is -1.66. The predicted octanol–water partition coefficient (Wildman–Crippen LogP) is 4.64. The molecule has 1 aliphatic rings. The van der Waals surface area contributed by atoms with Gasteiger partial charge in [-0.05, 0) is 57.0 Å². The summed E-state index contributed by atoms with van der Waals surface area (Å²) < 4.78 is 7.79. The van der Waals surface area contributed by atoms with Crippen molar-refractivity contribution in [3.63, 3.8) is 0 Å². The van der Waals surface area contributed by atoms with Crippen molar-refractivity contribution in [2.45, 2.75) is 71.6 Å². The van der Waals surface area contributed by atoms with Crippen molar-refractivity contribution in [1.82, 2.24) is 14.7 Å². The quantitative estimate of drug-likeness (QED) is 0.723. The summed E-state index contributed by atoms with van der Waals surface area (Å²) in [5.74, 6) is 0.297. The zero-order chi connectivity index (χ0) is 19.6. The van der Waals surface area contributed by atoms with Crippen LogP contribution in [0.1, 0.15) is 74.4 Å². The van der Waals surface area contributed by atoms with E-state index in [1.807, 2.05) is 21.7 Å². The summed E-state index contributed by atoms with van der Waals surface area (Å²) in [6.45, 7) is 12.7. The lowest BCUT2D eigenvalue weighted by Gasteiger charge is -2.25. The van der Waals surface area contributed by atoms with E-state index in [9.17, 15) is 4.79 Å². The van der Waals surface area contributed by atoms with Crippen LogP contribution in [0, 0.1) is 0 Å². The second-order valence-corrected chi connectivity index (χ2v) is 9.62. The maximum atomic E-state index is 13.4. The molecular formula is C21H31N3O2S. The highest BCUT2D eigenvalue weighted by Gasteiger charge is 2.28. The van der Waals surface area contributed by atoms with Gasteiger partial charge in [0.05, 0.1) is 18.2 Å². The highest BCUT2D eigenvalue weighted by atomic mass is 32.1. The highest BCUT2D eigenvalue weighted by Crippen LogP contribution is 2.25. The number of ether oxygens (including phenoxy) is 1. The Morgan fingerprint density at radius 1 is 1.44 bits per heavy atom. The molecule has 1 aliphatic heterocycles. The Labute approximate surface area is 166 Å². The number of hydrogen-bond donors (Lipinski definition) is 0. The molecule has 0 bridgehead atoms. The molecule has 0 saturated carbocycles. The third-order valence-electron chi connectivity index (χ3n) is 4.84. The Morgan fingerprint density at radius 2 is 2.22 bits per heavy atom. The Balaban J connectivity index is 1.88. The zero-order valence-electron chi connectivity index (χ0n) is 17.1. The van der Waals surface area contributed by atoms with Gasteiger partial charge in [0.2, 0.25) is 0 Å². The first kappa shape index (κ1) is 20.1. The molecule has 1 saturated heterocycles. The number of carbonyl (C=O) groups is 1. The molecule has 6 heteroatoms. The van der Waals surface area contributed by atoms with E-state index >= 15 is 0 Å². The number of thiophene rings is 1. The molecule has 3 rings (SSSR count). The number of hydrogen-bond acceptors (Lipinski definition) is 4. The van der Waals surface area contributed by atoms with Crippen LogP contribution in [-0.2, 0) is 16.8 Å². The van der Waals surface area contributed by atoms with E-state index in [-0.39, 0.29) is 17.6 Å². The zero-order valence-corrected chi connectivity index (χ0v) is 17.9. The molecule has 148 valence electrons. The first-order chi connectivity index (χ1) is 12.8. The van der Waals surface area contributed by atoms with Crippen molar-refractivity contribution in [3.05, 3.63) is 39.8 Å². The first-order valence-electron chi connectivity index (χ1n) is 9.79. The topological polar surface area (TPSA) is 47.4 Å². The van der Waals surface area contributed by atoms with E-state index < -0.39 is 0 Å². The maximum absolute atomic E-state index is 13.4. The second-order valence-electron chi connectivity index (χ2n) is 8.59. The van der Waals surface area contributed by atoms with E-state index in [4.69, 9.17) is 9.84 Å². The summed E-state index contributed by atoms with van der Waals surface area (Å²) in [6.07, 6.45) is 2.21. The van der Waals surface area contributed by atoms with E-state index in [2.05, 4.69) is 46.1 Å². The molecule has 0 N–H and O–H groups in total. The Bertz CT molecular complexity index is 753. The SMILES string of the molecule is CC(C)c1cc(C(=O)N(Cc2cccs2)CC2CCCO2)nn1C(C)(C)C. The molecule has 0 aromatic carbocycles. The summed E-state index contributed by atoms with van der Waals surface area (Å²) in [4.78, 5) is 16.5. The van der Waals surface area contributed by atoms with Crippen LogP contribution in [0.3, 0.4) is 0 Å². The van der Waals surface area contributed by atoms with Crippen molar-refractivity contribution in [2.24, 2.45) is 0 Å². The van der Waals surface area contributed by atoms with Gasteiger partial charge in [0.15, 0.2) is 5.69 Å². The molecule has 2 aromatic heterocycles. The summed E-state index contributed by atoms with van der Waals surface area (Å²) >= 11 is 1.68. The van der Waals surface area contributed by atoms with Gasteiger partial charge in [-0.3, -0.25) is 9.48 Å². The molecule has 0 aliphatic carbocycles. The monoisotopic (exact) mass is 389 g/mol. The van der Waals surface area contributed by atoms with Crippen LogP contribution in [0.25, 0.3) is 0 Å². The lowest BCUT2D eigenvalue weighted by molar-refractivity contribution is 0.0504. The molecular weight excluding hydrogens is 358 g/mol. The molecule has 1 atom stereocenters. The third kappa shape index (κ3) is 4.79. The minimum atomic E-state index is -0.161. The summed E-state index contributed by atoms with van der Waals surface area (Å²) in [7, 11) is 0. The standard InChI is InChI=1S/C21H31N3O2S/c1-15(2)19-12-18(22-24(19)21(3,4)5)20(25)23(13-16-8-6-10-26-16)14-17-9-7-11-27-17/h7,9,11-12,15-16H,6,8,10,13-14H2,1-5H3. The van der Waals surface area contributed by atoms with Crippen LogP contribution >= 0.6 is 11.3 Å². The summed E-state index contributed by atoms with van der Waals surface area (Å²) in [6, 6.07) is 6.07. The Morgan fingerprint density at radius 3 is 2.74 bits per heavy atom. The van der Waals surface area contributed by atoms with Crippen LogP contribution in [0.5, 0.6) is 0 Å². The fraction of sp³-hybridized carbons (Fsp3) is 0.619. The number of aromatic nitrogens is 2. The molecule has 27 heavy (non-hydrogen) atoms. The van der Waals surface area contributed by atoms with Crippen molar-refractivity contribution < 1.29 is 9.53 Å². The summed E-state index contributed by atoms with van der Waals surface area (Å²) in [5, 5.41) is 6.77. The number of nitrogens with zero attached hydrogens (tertiary/aromatic N) is 3. The molecule has 2 aromatic rings. The Kier molecular flexibility index (Phi) is 6.06. The van der Waals surface area contributed by atoms with E-state index in [1.165, 1.54) is 4.88 Å². The van der Waals surface area contributed by atoms with Crippen molar-refractivity contribution >= 4 is 17.2 Å². The van der Waals surface area contributed by atoms with Gasteiger partial charge in [0, 0.05) is 23.7 Å². The average Bonchev–Trinajstić information content (AvgIpc) is 3.34. The average molecular weight is 390 g/mol. The largest absolute Gasteiger partial charge is 0.376 e. The second kappa shape index (κ2) is 8.15. The van der Waals surface area contributed by atoms with Gasteiger partial charge in [0.1, 0.15) is 0 Å². The number of rotatable bonds is 6. The van der Waals surface area contributed by atoms with E-state index in [1.54, 1.807) is 11.3 Å². The summed E-state index contributed by atoms with van der Waals surface area (Å²) in [5.41, 5.74) is 1.47. The third-order valence-corrected chi connectivity index (χ3v) is 5.71. The number of amides is 1. The maximum Gasteiger partial charge on any atom is 0.274 e. The fourth-order valence-electron chi connectivity index (χ4n) is 3.45. The smallest absolute Gasteiger partial charge is 0.274 e. The normalized spacial score (nSPS) is 17.6. The van der Waals surface area contributed by atoms with Crippen molar-refractivity contribution in [2.75, 3.05) is 13.2 Å². The first-order valence-corrected chi connectivity index (χ1v) is 10.7. The van der Waals surface area contributed by atoms with Gasteiger partial charge >= 0.3 is 0 Å². The van der Waals surface area contributed by atoms with Crippen molar-refractivity contribution in [3.8, 4) is 0 Å². The van der Waals surface area contributed by atoms with Gasteiger partial charge in [-0.2, -0.15) is 5.10 Å². The van der Waals surface area contributed by atoms with Gasteiger partial charge < -0.3 is 9.64 Å². The van der Waals surface area contributed by atoms with Gasteiger partial charge in [-0.25, -0.2) is 0 Å². The molecule has 1 amide bonds. The van der Waals surface area contributed by atoms with Gasteiger partial charge in [-0.15, -0.1) is 11.3 Å². The fourth-order valence-corrected chi connectivity index (χ4v) is 4.17. The van der Waals surface area contributed by atoms with E-state index in [0.717, 1.165) is 25.1 Å². The predicted molar refractivity (Wildman–Crippen MR) is 109 cm³/mol. The van der Waals surface area contributed by atoms with Gasteiger partial charge in [0.25, 0.3) is 5.91 Å². The molecule has 1 unspecified atom stereocenters. The van der Waals surface area contributed by atoms with Crippen LogP contribution < -0.4 is 0 Å². The molecule has 1 fully saturated rings. The van der Waals surface area contributed by atoms with Crippen LogP contribution in [-0.4, -0.2) is 39.8 Å². The minimum Gasteiger partial charge on any atom is -0.376 e.